The summed E-state index contributed by atoms with van der Waals surface area (Å²) in [5.41, 5.74) is 5.30. The number of carbonyl (C=O) groups is 3. The van der Waals surface area contributed by atoms with Gasteiger partial charge in [0.15, 0.2) is 6.04 Å². The van der Waals surface area contributed by atoms with Gasteiger partial charge >= 0.3 is 12.1 Å². The van der Waals surface area contributed by atoms with Crippen LogP contribution in [0.25, 0.3) is 11.1 Å². The summed E-state index contributed by atoms with van der Waals surface area (Å²) in [6.07, 6.45) is 5.61. The third-order valence-corrected chi connectivity index (χ3v) is 9.33. The van der Waals surface area contributed by atoms with Gasteiger partial charge in [-0.1, -0.05) is 25.1 Å². The molecule has 0 radical (unpaired) electrons. The number of hydrogen-bond acceptors (Lipinski definition) is 6. The van der Waals surface area contributed by atoms with Crippen LogP contribution < -0.4 is 0 Å². The maximum atomic E-state index is 15.8. The maximum Gasteiger partial charge on any atom is 0.410 e. The van der Waals surface area contributed by atoms with Crippen LogP contribution in [0, 0.1) is 5.82 Å². The molecule has 0 saturated carbocycles. The molecule has 0 aliphatic carbocycles. The molecule has 6 rings (SSSR count). The average Bonchev–Trinajstić information content (AvgIpc) is 3.73. The van der Waals surface area contributed by atoms with Crippen LogP contribution in [0.15, 0.2) is 36.7 Å². The Balaban J connectivity index is 1.24. The largest absolute Gasteiger partial charge is 0.464 e. The molecule has 244 valence electrons. The van der Waals surface area contributed by atoms with Crippen molar-refractivity contribution in [3.8, 4) is 11.1 Å². The van der Waals surface area contributed by atoms with Crippen molar-refractivity contribution in [3.05, 3.63) is 76.1 Å². The molecule has 9 nitrogen and oxygen atoms in total. The SMILES string of the molecule is CCOC(=O)C(c1ncn2c1CCC2)N1Cc2c(F)cc(-c3ccc(C4CCN(C(=O)OC(C)(C)C)CC4)c(CC)c3)cc2C1=O. The second kappa shape index (κ2) is 12.5. The molecule has 1 aromatic heterocycles. The molecule has 3 aliphatic rings. The van der Waals surface area contributed by atoms with Gasteiger partial charge in [0.05, 0.1) is 25.2 Å². The lowest BCUT2D eigenvalue weighted by Gasteiger charge is -2.34. The van der Waals surface area contributed by atoms with E-state index < -0.39 is 29.3 Å². The Morgan fingerprint density at radius 1 is 1.07 bits per heavy atom. The normalized spacial score (nSPS) is 17.2. The van der Waals surface area contributed by atoms with Crippen LogP contribution in [0.4, 0.5) is 9.18 Å². The number of ether oxygens (including phenoxy) is 2. The number of carbonyl (C=O) groups excluding carboxylic acids is 3. The van der Waals surface area contributed by atoms with Crippen molar-refractivity contribution in [2.45, 2.75) is 97.4 Å². The molecule has 1 unspecified atom stereocenters. The number of hydrogen-bond donors (Lipinski definition) is 0. The van der Waals surface area contributed by atoms with E-state index in [2.05, 4.69) is 24.0 Å². The molecule has 10 heteroatoms. The van der Waals surface area contributed by atoms with Crippen LogP contribution in [0.3, 0.4) is 0 Å². The minimum atomic E-state index is -1.04. The Bertz CT molecular complexity index is 1670. The average molecular weight is 631 g/mol. The molecule has 46 heavy (non-hydrogen) atoms. The number of imidazole rings is 1. The molecule has 1 fully saturated rings. The zero-order valence-electron chi connectivity index (χ0n) is 27.4. The second-order valence-electron chi connectivity index (χ2n) is 13.5. The minimum absolute atomic E-state index is 0.0306. The van der Waals surface area contributed by atoms with E-state index in [0.717, 1.165) is 55.5 Å². The van der Waals surface area contributed by atoms with Crippen molar-refractivity contribution < 1.29 is 28.2 Å². The van der Waals surface area contributed by atoms with Crippen molar-refractivity contribution in [1.82, 2.24) is 19.4 Å². The number of aromatic nitrogens is 2. The highest BCUT2D eigenvalue weighted by molar-refractivity contribution is 6.02. The highest BCUT2D eigenvalue weighted by atomic mass is 19.1. The lowest BCUT2D eigenvalue weighted by Crippen LogP contribution is -2.41. The lowest BCUT2D eigenvalue weighted by atomic mass is 9.84. The first kappa shape index (κ1) is 31.8. The number of halogens is 1. The highest BCUT2D eigenvalue weighted by Crippen LogP contribution is 2.39. The number of aryl methyl sites for hydroxylation is 2. The Morgan fingerprint density at radius 2 is 1.83 bits per heavy atom. The van der Waals surface area contributed by atoms with E-state index in [1.54, 1.807) is 24.2 Å². The van der Waals surface area contributed by atoms with Crippen LogP contribution in [-0.4, -0.2) is 62.6 Å². The Kier molecular flexibility index (Phi) is 8.65. The van der Waals surface area contributed by atoms with Gasteiger partial charge in [-0.25, -0.2) is 19.0 Å². The molecule has 1 atom stereocenters. The summed E-state index contributed by atoms with van der Waals surface area (Å²) in [7, 11) is 0. The van der Waals surface area contributed by atoms with E-state index in [4.69, 9.17) is 9.47 Å². The van der Waals surface area contributed by atoms with Crippen molar-refractivity contribution in [2.24, 2.45) is 0 Å². The van der Waals surface area contributed by atoms with Crippen molar-refractivity contribution in [2.75, 3.05) is 19.7 Å². The molecule has 2 amide bonds. The van der Waals surface area contributed by atoms with Gasteiger partial charge in [0, 0.05) is 36.5 Å². The number of likely N-dealkylation sites (tertiary alicyclic amines) is 1. The van der Waals surface area contributed by atoms with Crippen LogP contribution >= 0.6 is 0 Å². The summed E-state index contributed by atoms with van der Waals surface area (Å²) in [4.78, 5) is 47.4. The predicted molar refractivity (Wildman–Crippen MR) is 171 cm³/mol. The van der Waals surface area contributed by atoms with E-state index in [1.165, 1.54) is 16.5 Å². The third-order valence-electron chi connectivity index (χ3n) is 9.33. The van der Waals surface area contributed by atoms with Gasteiger partial charge in [-0.2, -0.15) is 0 Å². The highest BCUT2D eigenvalue weighted by Gasteiger charge is 2.42. The zero-order chi connectivity index (χ0) is 32.7. The summed E-state index contributed by atoms with van der Waals surface area (Å²) in [6, 6.07) is 8.37. The standard InChI is InChI=1S/C36H43FN4O5/c1-6-22-17-24(10-11-26(22)23-12-15-39(16-13-23)35(44)46-36(3,4)5)25-18-27-28(29(37)19-25)20-41(33(27)42)32(34(43)45-7-2)31-30-9-8-14-40(30)21-38-31/h10-11,17-19,21,23,32H,6-9,12-16,20H2,1-5H3. The van der Waals surface area contributed by atoms with Gasteiger partial charge in [-0.05, 0) is 100 Å². The molecule has 3 aliphatic heterocycles. The number of benzene rings is 2. The number of piperidine rings is 1. The molecular weight excluding hydrogens is 587 g/mol. The van der Waals surface area contributed by atoms with Gasteiger partial charge in [-0.15, -0.1) is 0 Å². The smallest absolute Gasteiger partial charge is 0.410 e. The predicted octanol–water partition coefficient (Wildman–Crippen LogP) is 6.57. The van der Waals surface area contributed by atoms with Gasteiger partial charge in [-0.3, -0.25) is 4.79 Å². The van der Waals surface area contributed by atoms with Gasteiger partial charge < -0.3 is 23.8 Å². The third kappa shape index (κ3) is 6.01. The zero-order valence-corrected chi connectivity index (χ0v) is 27.4. The van der Waals surface area contributed by atoms with E-state index in [-0.39, 0.29) is 30.4 Å². The second-order valence-corrected chi connectivity index (χ2v) is 13.5. The molecule has 1 saturated heterocycles. The van der Waals surface area contributed by atoms with Crippen LogP contribution in [-0.2, 0) is 40.2 Å². The van der Waals surface area contributed by atoms with E-state index in [9.17, 15) is 14.4 Å². The fraction of sp³-hybridized carbons (Fsp3) is 0.500. The summed E-state index contributed by atoms with van der Waals surface area (Å²) in [6.45, 7) is 11.7. The number of fused-ring (bicyclic) bond motifs is 2. The van der Waals surface area contributed by atoms with Gasteiger partial charge in [0.25, 0.3) is 5.91 Å². The molecule has 4 heterocycles. The fourth-order valence-corrected chi connectivity index (χ4v) is 7.09. The number of amides is 2. The number of rotatable bonds is 7. The van der Waals surface area contributed by atoms with Crippen molar-refractivity contribution >= 4 is 18.0 Å². The molecule has 0 N–H and O–H groups in total. The summed E-state index contributed by atoms with van der Waals surface area (Å²) < 4.78 is 28.7. The first-order valence-electron chi connectivity index (χ1n) is 16.4. The summed E-state index contributed by atoms with van der Waals surface area (Å²) in [5, 5.41) is 0. The Hall–Kier alpha value is -4.21. The van der Waals surface area contributed by atoms with E-state index in [1.807, 2.05) is 31.4 Å². The molecular formula is C36H43FN4O5. The first-order chi connectivity index (χ1) is 22.0. The quantitative estimate of drug-likeness (QED) is 0.274. The van der Waals surface area contributed by atoms with Crippen LogP contribution in [0.5, 0.6) is 0 Å². The monoisotopic (exact) mass is 630 g/mol. The van der Waals surface area contributed by atoms with Gasteiger partial charge in [0.1, 0.15) is 11.4 Å². The molecule has 3 aromatic rings. The minimum Gasteiger partial charge on any atom is -0.464 e. The van der Waals surface area contributed by atoms with Crippen molar-refractivity contribution in [1.29, 1.82) is 0 Å². The number of esters is 1. The van der Waals surface area contributed by atoms with Crippen LogP contribution in [0.1, 0.15) is 104 Å². The Morgan fingerprint density at radius 3 is 2.52 bits per heavy atom. The topological polar surface area (TPSA) is 94.0 Å². The first-order valence-corrected chi connectivity index (χ1v) is 16.4. The summed E-state index contributed by atoms with van der Waals surface area (Å²) in [5.74, 6) is -1.13. The van der Waals surface area contributed by atoms with Crippen LogP contribution in [0.2, 0.25) is 0 Å². The van der Waals surface area contributed by atoms with E-state index >= 15 is 4.39 Å². The van der Waals surface area contributed by atoms with E-state index in [0.29, 0.717) is 30.3 Å². The van der Waals surface area contributed by atoms with Crippen molar-refractivity contribution in [3.63, 3.8) is 0 Å². The van der Waals surface area contributed by atoms with Gasteiger partial charge in [0.2, 0.25) is 0 Å². The summed E-state index contributed by atoms with van der Waals surface area (Å²) >= 11 is 0. The maximum absolute atomic E-state index is 15.8. The molecule has 0 bridgehead atoms. The Labute approximate surface area is 269 Å². The lowest BCUT2D eigenvalue weighted by molar-refractivity contribution is -0.149. The number of nitrogens with zero attached hydrogens (tertiary/aromatic N) is 4. The molecule has 0 spiro atoms. The molecule has 2 aromatic carbocycles. The fourth-order valence-electron chi connectivity index (χ4n) is 7.09.